The largest absolute Gasteiger partial charge is 0.481 e. The summed E-state index contributed by atoms with van der Waals surface area (Å²) in [6.07, 6.45) is -0.835. The third-order valence-electron chi connectivity index (χ3n) is 14.1. The molecule has 1 aromatic rings. The number of carbonyl (C=O) groups excluding carboxylic acids is 12. The number of aliphatic carboxylic acids is 1. The minimum Gasteiger partial charge on any atom is -0.481 e. The number of nitrogens with two attached hydrogens (primary N) is 2. The highest BCUT2D eigenvalue weighted by molar-refractivity contribution is 8.76. The highest BCUT2D eigenvalue weighted by Gasteiger charge is 2.35. The third kappa shape index (κ3) is 43.2. The summed E-state index contributed by atoms with van der Waals surface area (Å²) >= 11 is 0.898. The molecule has 2 saturated heterocycles. The van der Waals surface area contributed by atoms with Gasteiger partial charge in [-0.3, -0.25) is 72.6 Å². The van der Waals surface area contributed by atoms with E-state index in [9.17, 15) is 67.4 Å². The van der Waals surface area contributed by atoms with Gasteiger partial charge in [0.15, 0.2) is 5.96 Å². The average Bonchev–Trinajstić information content (AvgIpc) is 1.34. The van der Waals surface area contributed by atoms with E-state index in [-0.39, 0.29) is 140 Å². The molecule has 2 aliphatic heterocycles. The minimum atomic E-state index is -1.82. The summed E-state index contributed by atoms with van der Waals surface area (Å²) in [6, 6.07) is -2.12. The number of rotatable bonds is 44. The van der Waals surface area contributed by atoms with Gasteiger partial charge in [-0.05, 0) is 37.7 Å². The Morgan fingerprint density at radius 2 is 0.981 bits per heavy atom. The van der Waals surface area contributed by atoms with Crippen LogP contribution in [0.2, 0.25) is 0 Å². The fourth-order valence-electron chi connectivity index (χ4n) is 8.98. The number of methoxy groups -OCH3 is 1. The third-order valence-corrected chi connectivity index (χ3v) is 17.6. The van der Waals surface area contributed by atoms with E-state index in [1.165, 1.54) is 7.11 Å². The number of nitrogens with one attached hydrogen (secondary N) is 14. The summed E-state index contributed by atoms with van der Waals surface area (Å²) < 4.78 is 42.9. The highest BCUT2D eigenvalue weighted by Crippen LogP contribution is 2.24. The molecule has 2 aliphatic rings. The van der Waals surface area contributed by atoms with Crippen LogP contribution in [0, 0.1) is 5.41 Å². The SMILES string of the molecule is COCCOCCNC(=O)[C@@H]1CSCC(=O)N[C@@H](CCCCNC(=O)COCC(=O)NCCOCCOCCOCCOCCOCCNC(=O)CON)C(=O)N[C@H]2CSSC[C@H](NC(=O)[C@H](CC(=O)O)NC(=O)CNC(=O)[C@H](CCCNC(=N)N)NC2=O)C(=O)N[C@@H](Cc2ccccc2)C(=O)N1. The molecule has 0 aliphatic carbocycles. The maximum Gasteiger partial charge on any atom is 0.305 e. The molecule has 7 atom stereocenters. The van der Waals surface area contributed by atoms with Gasteiger partial charge in [-0.1, -0.05) is 51.9 Å². The van der Waals surface area contributed by atoms with Crippen LogP contribution in [-0.2, 0) is 111 Å². The van der Waals surface area contributed by atoms with E-state index in [1.54, 1.807) is 30.3 Å². The number of carbonyl (C=O) groups is 13. The molecule has 19 N–H and O–H groups in total. The van der Waals surface area contributed by atoms with E-state index in [2.05, 4.69) is 74.0 Å². The van der Waals surface area contributed by atoms with Gasteiger partial charge in [0.2, 0.25) is 70.9 Å². The number of carboxylic acids is 1. The van der Waals surface area contributed by atoms with Crippen LogP contribution in [0.5, 0.6) is 0 Å². The zero-order valence-corrected chi connectivity index (χ0v) is 60.0. The number of ether oxygens (including phenoxy) is 8. The lowest BCUT2D eigenvalue weighted by Gasteiger charge is -2.27. The molecular formula is C61H100N16O23S3. The zero-order chi connectivity index (χ0) is 75.2. The molecule has 2 fully saturated rings. The summed E-state index contributed by atoms with van der Waals surface area (Å²) in [4.78, 5) is 180. The number of fused-ring (bicyclic) bond motifs is 5. The van der Waals surface area contributed by atoms with Crippen LogP contribution in [-0.4, -0.2) is 305 Å². The summed E-state index contributed by atoms with van der Waals surface area (Å²) in [5, 5.41) is 50.9. The second-order valence-electron chi connectivity index (χ2n) is 22.4. The number of guanidine groups is 1. The smallest absolute Gasteiger partial charge is 0.305 e. The molecule has 0 radical (unpaired) electrons. The van der Waals surface area contributed by atoms with E-state index in [0.717, 1.165) is 33.3 Å². The van der Waals surface area contributed by atoms with E-state index in [0.29, 0.717) is 58.4 Å². The second-order valence-corrected chi connectivity index (χ2v) is 26.0. The van der Waals surface area contributed by atoms with Crippen molar-refractivity contribution in [3.63, 3.8) is 0 Å². The molecule has 2 bridgehead atoms. The van der Waals surface area contributed by atoms with Crippen LogP contribution >= 0.6 is 33.3 Å². The quantitative estimate of drug-likeness (QED) is 0.00949. The number of hydrogen-bond donors (Lipinski definition) is 17. The number of unbranched alkanes of at least 4 members (excludes halogenated alkanes) is 1. The predicted molar refractivity (Wildman–Crippen MR) is 374 cm³/mol. The Bertz CT molecular complexity index is 2800. The summed E-state index contributed by atoms with van der Waals surface area (Å²) in [5.41, 5.74) is 6.00. The van der Waals surface area contributed by atoms with Gasteiger partial charge < -0.3 is 118 Å². The van der Waals surface area contributed by atoms with Crippen molar-refractivity contribution in [2.75, 3.05) is 175 Å². The standard InChI is InChI=1S/C61H100N16O23S3/c1-92-20-21-93-19-16-68-55(86)45-36-101-39-52(82)71-42(10-5-6-12-65-49(79)33-99-34-50(80)66-14-17-94-22-24-96-26-28-98-29-27-97-25-23-95-18-15-67-51(81)35-100-64)56(87)76-46-37-102-103-38-47(60(91)74-43(57(88)75-45)30-40-8-3-2-4-9-40)77-58(89)44(31-53(83)84)72-48(78)32-70-54(85)41(73-59(46)90)11-7-13-69-61(62)63/h2-4,8-9,41-47H,5-7,10-39,64H2,1H3,(H,65,79)(H,66,80)(H,67,81)(H,68,86)(H,70,85)(H,71,82)(H,72,78)(H,73,90)(H,74,91)(H,75,88)(H,76,87)(H,77,89)(H,83,84)(H4,62,63,69)/t41-,42-,43-,44-,45-,46-,47-/m0/s1. The van der Waals surface area contributed by atoms with E-state index in [1.807, 2.05) is 0 Å². The monoisotopic (exact) mass is 1520 g/mol. The molecule has 103 heavy (non-hydrogen) atoms. The fraction of sp³-hybridized carbons (Fsp3) is 0.672. The first-order valence-corrected chi connectivity index (χ1v) is 36.8. The van der Waals surface area contributed by atoms with Crippen LogP contribution in [0.4, 0.5) is 0 Å². The van der Waals surface area contributed by atoms with Crippen molar-refractivity contribution >= 4 is 116 Å². The van der Waals surface area contributed by atoms with Gasteiger partial charge >= 0.3 is 5.97 Å². The highest BCUT2D eigenvalue weighted by atomic mass is 33.1. The zero-order valence-electron chi connectivity index (χ0n) is 57.6. The van der Waals surface area contributed by atoms with E-state index < -0.39 is 145 Å². The van der Waals surface area contributed by atoms with Crippen LogP contribution in [0.25, 0.3) is 0 Å². The topological polar surface area (TPSA) is 557 Å². The van der Waals surface area contributed by atoms with Crippen LogP contribution in [0.15, 0.2) is 30.3 Å². The van der Waals surface area contributed by atoms with Crippen molar-refractivity contribution in [3.8, 4) is 0 Å². The van der Waals surface area contributed by atoms with Crippen molar-refractivity contribution in [3.05, 3.63) is 35.9 Å². The molecule has 3 rings (SSSR count). The first-order chi connectivity index (χ1) is 49.7. The first-order valence-electron chi connectivity index (χ1n) is 33.2. The van der Waals surface area contributed by atoms with Crippen molar-refractivity contribution < 1.29 is 110 Å². The fourth-order valence-corrected chi connectivity index (χ4v) is 12.2. The van der Waals surface area contributed by atoms with Gasteiger partial charge in [0.1, 0.15) is 62.1 Å². The molecule has 12 amide bonds. The minimum absolute atomic E-state index is 0.0157. The molecule has 2 heterocycles. The van der Waals surface area contributed by atoms with Crippen molar-refractivity contribution in [2.24, 2.45) is 11.6 Å². The maximum atomic E-state index is 14.6. The number of thioether (sulfide) groups is 1. The predicted octanol–water partition coefficient (Wildman–Crippen LogP) is -7.09. The van der Waals surface area contributed by atoms with Gasteiger partial charge in [0.05, 0.1) is 105 Å². The molecule has 39 nitrogen and oxygen atoms in total. The van der Waals surface area contributed by atoms with Gasteiger partial charge in [-0.15, -0.1) is 11.8 Å². The average molecular weight is 1520 g/mol. The Kier molecular flexibility index (Phi) is 48.4. The van der Waals surface area contributed by atoms with Crippen molar-refractivity contribution in [1.29, 1.82) is 5.41 Å². The second kappa shape index (κ2) is 55.7. The molecule has 42 heteroatoms. The van der Waals surface area contributed by atoms with Crippen LogP contribution in [0.3, 0.4) is 0 Å². The summed E-state index contributed by atoms with van der Waals surface area (Å²) in [6.45, 7) is 2.24. The van der Waals surface area contributed by atoms with Gasteiger partial charge in [0.25, 0.3) is 0 Å². The summed E-state index contributed by atoms with van der Waals surface area (Å²) in [5.74, 6) is -7.99. The van der Waals surface area contributed by atoms with Gasteiger partial charge in [-0.2, -0.15) is 0 Å². The maximum absolute atomic E-state index is 14.6. The number of hydrogen-bond acceptors (Lipinski definition) is 27. The lowest BCUT2D eigenvalue weighted by atomic mass is 10.0. The first kappa shape index (κ1) is 89.5. The lowest BCUT2D eigenvalue weighted by molar-refractivity contribution is -0.141. The van der Waals surface area contributed by atoms with Crippen LogP contribution < -0.4 is 80.7 Å². The molecule has 0 spiro atoms. The molecular weight excluding hydrogens is 1420 g/mol. The molecule has 580 valence electrons. The van der Waals surface area contributed by atoms with Gasteiger partial charge in [0, 0.05) is 63.5 Å². The molecule has 1 aromatic carbocycles. The number of amides is 12. The lowest BCUT2D eigenvalue weighted by Crippen LogP contribution is -2.60. The van der Waals surface area contributed by atoms with E-state index >= 15 is 0 Å². The number of benzene rings is 1. The molecule has 0 saturated carbocycles. The molecule has 0 aromatic heterocycles. The summed E-state index contributed by atoms with van der Waals surface area (Å²) in [7, 11) is 3.30. The normalized spacial score (nSPS) is 19.9. The Balaban J connectivity index is 1.74. The van der Waals surface area contributed by atoms with Crippen LogP contribution in [0.1, 0.15) is 44.1 Å². The Labute approximate surface area is 608 Å². The van der Waals surface area contributed by atoms with E-state index in [4.69, 9.17) is 54.9 Å². The Hall–Kier alpha value is -7.75. The van der Waals surface area contributed by atoms with Crippen molar-refractivity contribution in [1.82, 2.24) is 69.1 Å². The Morgan fingerprint density at radius 1 is 0.505 bits per heavy atom. The molecule has 0 unspecified atom stereocenters. The van der Waals surface area contributed by atoms with Gasteiger partial charge in [-0.25, -0.2) is 5.90 Å². The number of carboxylic acid groups (broad SMARTS) is 1. The van der Waals surface area contributed by atoms with Crippen molar-refractivity contribution in [2.45, 2.75) is 87.2 Å². The Morgan fingerprint density at radius 3 is 1.53 bits per heavy atom.